The second-order valence-corrected chi connectivity index (χ2v) is 8.51. The number of hydrogen-bond acceptors (Lipinski definition) is 5. The number of carboxylic acids is 2. The van der Waals surface area contributed by atoms with Crippen molar-refractivity contribution in [3.63, 3.8) is 0 Å². The van der Waals surface area contributed by atoms with Crippen LogP contribution in [-0.4, -0.2) is 60.6 Å². The van der Waals surface area contributed by atoms with E-state index < -0.39 is 11.9 Å². The standard InChI is InChI=1S/C15H20O3.C14H19NO3/c1-13(15(16)17)7-5-11-18-12-6-10-14-8-3-2-4-9-14;1-11(14(16)17)9-10-13(15(2)3)18-12-7-5-4-6-8-12/h2-4,8-9H,1,5-7,10-12H2,(H,16,17);4-8,13H,1,9-10H2,2-3H3,(H,16,17). The van der Waals surface area contributed by atoms with Crippen molar-refractivity contribution in [3.8, 4) is 5.75 Å². The Kier molecular flexibility index (Phi) is 15.2. The molecule has 0 fully saturated rings. The molecule has 0 radical (unpaired) electrons. The Labute approximate surface area is 214 Å². The third-order valence-electron chi connectivity index (χ3n) is 5.25. The fraction of sp³-hybridized carbons (Fsp3) is 0.379. The first-order chi connectivity index (χ1) is 17.2. The number of rotatable bonds is 16. The number of aryl methyl sites for hydroxylation is 1. The topological polar surface area (TPSA) is 96.3 Å². The maximum Gasteiger partial charge on any atom is 0.330 e. The van der Waals surface area contributed by atoms with Gasteiger partial charge in [0.1, 0.15) is 5.75 Å². The van der Waals surface area contributed by atoms with Crippen molar-refractivity contribution in [1.82, 2.24) is 4.90 Å². The second kappa shape index (κ2) is 17.9. The van der Waals surface area contributed by atoms with Crippen LogP contribution in [0.4, 0.5) is 0 Å². The van der Waals surface area contributed by atoms with Gasteiger partial charge in [-0.1, -0.05) is 61.7 Å². The molecular weight excluding hydrogens is 458 g/mol. The fourth-order valence-electron chi connectivity index (χ4n) is 3.10. The Morgan fingerprint density at radius 2 is 1.36 bits per heavy atom. The zero-order valence-corrected chi connectivity index (χ0v) is 21.4. The predicted octanol–water partition coefficient (Wildman–Crippen LogP) is 5.43. The fourth-order valence-corrected chi connectivity index (χ4v) is 3.10. The minimum absolute atomic E-state index is 0.163. The summed E-state index contributed by atoms with van der Waals surface area (Å²) in [5, 5.41) is 17.4. The molecule has 0 heterocycles. The van der Waals surface area contributed by atoms with E-state index in [1.54, 1.807) is 0 Å². The van der Waals surface area contributed by atoms with E-state index in [9.17, 15) is 9.59 Å². The molecule has 0 saturated heterocycles. The van der Waals surface area contributed by atoms with Gasteiger partial charge in [-0.2, -0.15) is 0 Å². The van der Waals surface area contributed by atoms with E-state index in [2.05, 4.69) is 25.3 Å². The summed E-state index contributed by atoms with van der Waals surface area (Å²) in [6.07, 6.45) is 4.05. The highest BCUT2D eigenvalue weighted by Gasteiger charge is 2.15. The summed E-state index contributed by atoms with van der Waals surface area (Å²) in [6, 6.07) is 19.8. The van der Waals surface area contributed by atoms with E-state index in [1.165, 1.54) is 5.56 Å². The van der Waals surface area contributed by atoms with Gasteiger partial charge < -0.3 is 19.7 Å². The number of nitrogens with zero attached hydrogens (tertiary/aromatic N) is 1. The lowest BCUT2D eigenvalue weighted by molar-refractivity contribution is -0.133. The number of benzene rings is 2. The summed E-state index contributed by atoms with van der Waals surface area (Å²) < 4.78 is 11.2. The van der Waals surface area contributed by atoms with Gasteiger partial charge in [-0.25, -0.2) is 9.59 Å². The van der Waals surface area contributed by atoms with E-state index in [1.807, 2.05) is 67.5 Å². The molecule has 36 heavy (non-hydrogen) atoms. The Bertz CT molecular complexity index is 927. The molecule has 2 N–H and O–H groups in total. The molecule has 2 aromatic carbocycles. The highest BCUT2D eigenvalue weighted by Crippen LogP contribution is 2.16. The normalized spacial score (nSPS) is 11.2. The molecule has 0 aliphatic rings. The van der Waals surface area contributed by atoms with Gasteiger partial charge in [0.2, 0.25) is 0 Å². The summed E-state index contributed by atoms with van der Waals surface area (Å²) in [4.78, 5) is 23.1. The van der Waals surface area contributed by atoms with Crippen molar-refractivity contribution >= 4 is 11.9 Å². The van der Waals surface area contributed by atoms with E-state index in [-0.39, 0.29) is 17.4 Å². The van der Waals surface area contributed by atoms with Gasteiger partial charge in [-0.3, -0.25) is 4.90 Å². The van der Waals surface area contributed by atoms with Crippen LogP contribution < -0.4 is 4.74 Å². The van der Waals surface area contributed by atoms with Crippen LogP contribution in [0.15, 0.2) is 85.0 Å². The molecule has 0 saturated carbocycles. The summed E-state index contributed by atoms with van der Waals surface area (Å²) in [5.41, 5.74) is 1.78. The molecular formula is C29H39NO6. The first-order valence-corrected chi connectivity index (χ1v) is 12.0. The van der Waals surface area contributed by atoms with Gasteiger partial charge in [0.05, 0.1) is 0 Å². The van der Waals surface area contributed by atoms with Crippen molar-refractivity contribution in [2.24, 2.45) is 0 Å². The summed E-state index contributed by atoms with van der Waals surface area (Å²) >= 11 is 0. The zero-order chi connectivity index (χ0) is 26.8. The lowest BCUT2D eigenvalue weighted by Gasteiger charge is -2.25. The molecule has 2 rings (SSSR count). The number of ether oxygens (including phenoxy) is 2. The van der Waals surface area contributed by atoms with Crippen molar-refractivity contribution in [3.05, 3.63) is 90.5 Å². The van der Waals surface area contributed by atoms with Gasteiger partial charge >= 0.3 is 11.9 Å². The van der Waals surface area contributed by atoms with Crippen molar-refractivity contribution in [2.75, 3.05) is 27.3 Å². The van der Waals surface area contributed by atoms with Crippen LogP contribution >= 0.6 is 0 Å². The summed E-state index contributed by atoms with van der Waals surface area (Å²) in [7, 11) is 3.80. The number of carboxylic acid groups (broad SMARTS) is 2. The molecule has 0 aliphatic heterocycles. The minimum atomic E-state index is -0.952. The highest BCUT2D eigenvalue weighted by atomic mass is 16.5. The number of aliphatic carboxylic acids is 2. The van der Waals surface area contributed by atoms with Crippen molar-refractivity contribution in [2.45, 2.75) is 44.8 Å². The van der Waals surface area contributed by atoms with Gasteiger partial charge in [-0.15, -0.1) is 0 Å². The Balaban J connectivity index is 0.000000360. The molecule has 196 valence electrons. The second-order valence-electron chi connectivity index (χ2n) is 8.51. The van der Waals surface area contributed by atoms with Crippen LogP contribution in [0, 0.1) is 0 Å². The SMILES string of the molecule is C=C(CCC(Oc1ccccc1)N(C)C)C(=O)O.C=C(CCCOCCCc1ccccc1)C(=O)O. The molecule has 0 amide bonds. The van der Waals surface area contributed by atoms with Crippen LogP contribution in [0.3, 0.4) is 0 Å². The highest BCUT2D eigenvalue weighted by molar-refractivity contribution is 5.86. The van der Waals surface area contributed by atoms with Crippen LogP contribution in [0.1, 0.15) is 37.7 Å². The smallest absolute Gasteiger partial charge is 0.330 e. The van der Waals surface area contributed by atoms with Gasteiger partial charge in [0, 0.05) is 30.8 Å². The number of para-hydroxylation sites is 1. The third-order valence-corrected chi connectivity index (χ3v) is 5.25. The van der Waals surface area contributed by atoms with Crippen LogP contribution in [0.5, 0.6) is 5.75 Å². The summed E-state index contributed by atoms with van der Waals surface area (Å²) in [6.45, 7) is 8.31. The maximum absolute atomic E-state index is 10.7. The van der Waals surface area contributed by atoms with Crippen molar-refractivity contribution in [1.29, 1.82) is 0 Å². The molecule has 7 nitrogen and oxygen atoms in total. The van der Waals surface area contributed by atoms with E-state index in [4.69, 9.17) is 19.7 Å². The van der Waals surface area contributed by atoms with Crippen LogP contribution in [0.25, 0.3) is 0 Å². The van der Waals surface area contributed by atoms with Gasteiger partial charge in [-0.05, 0) is 63.9 Å². The number of carbonyl (C=O) groups is 2. The molecule has 0 bridgehead atoms. The molecule has 1 atom stereocenters. The third kappa shape index (κ3) is 14.1. The van der Waals surface area contributed by atoms with Gasteiger partial charge in [0.15, 0.2) is 6.23 Å². The monoisotopic (exact) mass is 497 g/mol. The lowest BCUT2D eigenvalue weighted by atomic mass is 10.1. The first kappa shape index (κ1) is 30.6. The first-order valence-electron chi connectivity index (χ1n) is 12.0. The molecule has 1 unspecified atom stereocenters. The van der Waals surface area contributed by atoms with Crippen molar-refractivity contribution < 1.29 is 29.3 Å². The summed E-state index contributed by atoms with van der Waals surface area (Å²) in [5.74, 6) is -1.09. The van der Waals surface area contributed by atoms with E-state index >= 15 is 0 Å². The molecule has 0 spiro atoms. The maximum atomic E-state index is 10.7. The van der Waals surface area contributed by atoms with Gasteiger partial charge in [0.25, 0.3) is 0 Å². The lowest BCUT2D eigenvalue weighted by Crippen LogP contribution is -2.33. The molecule has 2 aromatic rings. The van der Waals surface area contributed by atoms with Crippen LogP contribution in [-0.2, 0) is 20.7 Å². The Hall–Kier alpha value is -3.42. The predicted molar refractivity (Wildman–Crippen MR) is 142 cm³/mol. The molecule has 0 aromatic heterocycles. The molecule has 7 heteroatoms. The van der Waals surface area contributed by atoms with E-state index in [0.717, 1.165) is 25.0 Å². The average Bonchev–Trinajstić information content (AvgIpc) is 2.87. The Morgan fingerprint density at radius 3 is 1.92 bits per heavy atom. The molecule has 0 aliphatic carbocycles. The quantitative estimate of drug-likeness (QED) is 0.181. The van der Waals surface area contributed by atoms with Crippen LogP contribution in [0.2, 0.25) is 0 Å². The Morgan fingerprint density at radius 1 is 0.833 bits per heavy atom. The zero-order valence-electron chi connectivity index (χ0n) is 21.4. The number of hydrogen-bond donors (Lipinski definition) is 2. The van der Waals surface area contributed by atoms with E-state index in [0.29, 0.717) is 32.5 Å². The average molecular weight is 498 g/mol. The minimum Gasteiger partial charge on any atom is -0.478 e. The largest absolute Gasteiger partial charge is 0.478 e.